The molecular weight excluding hydrogens is 619 g/mol. The highest BCUT2D eigenvalue weighted by Gasteiger charge is 2.22. The minimum absolute atomic E-state index is 1.09. The third-order valence-corrected chi connectivity index (χ3v) is 10.6. The molecule has 2 heterocycles. The molecule has 11 rings (SSSR count). The molecule has 3 heteroatoms. The Morgan fingerprint density at radius 1 is 0.314 bits per heavy atom. The van der Waals surface area contributed by atoms with Crippen molar-refractivity contribution >= 4 is 87.3 Å². The van der Waals surface area contributed by atoms with Crippen LogP contribution in [0.15, 0.2) is 188 Å². The van der Waals surface area contributed by atoms with Crippen LogP contribution in [0.2, 0.25) is 0 Å². The van der Waals surface area contributed by atoms with E-state index < -0.39 is 0 Å². The highest BCUT2D eigenvalue weighted by Crippen LogP contribution is 2.43. The highest BCUT2D eigenvalue weighted by molar-refractivity contribution is 6.27. The highest BCUT2D eigenvalue weighted by atomic mass is 15.6. The van der Waals surface area contributed by atoms with Gasteiger partial charge < -0.3 is 4.57 Å². The zero-order valence-corrected chi connectivity index (χ0v) is 27.7. The van der Waals surface area contributed by atoms with Crippen LogP contribution in [0.5, 0.6) is 0 Å². The maximum Gasteiger partial charge on any atom is 0.0722 e. The van der Waals surface area contributed by atoms with E-state index in [1.54, 1.807) is 0 Å². The first-order valence-corrected chi connectivity index (χ1v) is 17.5. The number of anilines is 2. The summed E-state index contributed by atoms with van der Waals surface area (Å²) in [5, 5.41) is 15.0. The Kier molecular flexibility index (Phi) is 5.96. The molecule has 0 bridgehead atoms. The van der Waals surface area contributed by atoms with E-state index in [2.05, 4.69) is 202 Å². The van der Waals surface area contributed by atoms with Crippen LogP contribution >= 0.6 is 0 Å². The number of rotatable bonds is 4. The second-order valence-electron chi connectivity index (χ2n) is 13.4. The van der Waals surface area contributed by atoms with E-state index >= 15 is 0 Å². The predicted octanol–water partition coefficient (Wildman–Crippen LogP) is 13.0. The number of para-hydroxylation sites is 4. The molecule has 0 aliphatic carbocycles. The van der Waals surface area contributed by atoms with E-state index in [1.165, 1.54) is 70.4 Å². The molecule has 0 aliphatic heterocycles. The molecule has 11 aromatic rings. The lowest BCUT2D eigenvalue weighted by Gasteiger charge is -2.28. The normalized spacial score (nSPS) is 11.9. The van der Waals surface area contributed by atoms with Crippen LogP contribution in [0.25, 0.3) is 81.6 Å². The van der Waals surface area contributed by atoms with Crippen molar-refractivity contribution in [1.82, 2.24) is 9.24 Å². The number of benzene rings is 9. The standard InChI is InChI=1S/C48H31N3/c1-3-14-33(15-4-1)49-44-21-11-9-19-40(44)43-31-35(24-29-45(43)49)50(34-16-5-2-6-17-34)51-46-22-12-10-20-42(46)48-41-27-26-37-36-18-8-7-13-32(36)23-25-38(37)39(41)28-30-47(48)51/h1-31H. The molecule has 0 aliphatic rings. The van der Waals surface area contributed by atoms with Crippen LogP contribution in [0.1, 0.15) is 0 Å². The summed E-state index contributed by atoms with van der Waals surface area (Å²) in [6, 6.07) is 68.5. The molecule has 0 atom stereocenters. The minimum Gasteiger partial charge on any atom is -0.309 e. The molecule has 0 spiro atoms. The topological polar surface area (TPSA) is 13.1 Å². The van der Waals surface area contributed by atoms with Crippen LogP contribution in [0.4, 0.5) is 11.4 Å². The third-order valence-electron chi connectivity index (χ3n) is 10.6. The van der Waals surface area contributed by atoms with Gasteiger partial charge in [-0.15, -0.1) is 0 Å². The Balaban J connectivity index is 1.22. The second kappa shape index (κ2) is 10.8. The Morgan fingerprint density at radius 3 is 1.73 bits per heavy atom. The predicted molar refractivity (Wildman–Crippen MR) is 217 cm³/mol. The molecule has 0 amide bonds. The van der Waals surface area contributed by atoms with Crippen LogP contribution in [0.3, 0.4) is 0 Å². The Hall–Kier alpha value is -6.84. The molecule has 51 heavy (non-hydrogen) atoms. The van der Waals surface area contributed by atoms with Crippen molar-refractivity contribution in [2.24, 2.45) is 0 Å². The van der Waals surface area contributed by atoms with Crippen molar-refractivity contribution < 1.29 is 0 Å². The smallest absolute Gasteiger partial charge is 0.0722 e. The number of aromatic nitrogens is 2. The number of hydrogen-bond acceptors (Lipinski definition) is 1. The maximum atomic E-state index is 2.42. The van der Waals surface area contributed by atoms with E-state index in [0.29, 0.717) is 0 Å². The summed E-state index contributed by atoms with van der Waals surface area (Å²) in [5.74, 6) is 0. The van der Waals surface area contributed by atoms with Crippen LogP contribution in [-0.2, 0) is 0 Å². The first-order valence-electron chi connectivity index (χ1n) is 17.5. The van der Waals surface area contributed by atoms with Crippen molar-refractivity contribution in [3.8, 4) is 5.69 Å². The van der Waals surface area contributed by atoms with Crippen LogP contribution in [0, 0.1) is 0 Å². The lowest BCUT2D eigenvalue weighted by atomic mass is 9.95. The molecular formula is C48H31N3. The molecule has 3 nitrogen and oxygen atoms in total. The fourth-order valence-electron chi connectivity index (χ4n) is 8.46. The average Bonchev–Trinajstić information content (AvgIpc) is 3.71. The molecule has 0 saturated carbocycles. The number of hydrogen-bond donors (Lipinski definition) is 0. The van der Waals surface area contributed by atoms with Gasteiger partial charge in [0.15, 0.2) is 0 Å². The average molecular weight is 650 g/mol. The molecule has 0 radical (unpaired) electrons. The number of nitrogens with zero attached hydrogens (tertiary/aromatic N) is 3. The zero-order valence-electron chi connectivity index (χ0n) is 27.7. The van der Waals surface area contributed by atoms with Gasteiger partial charge in [-0.2, -0.15) is 0 Å². The van der Waals surface area contributed by atoms with Crippen LogP contribution in [-0.4, -0.2) is 9.24 Å². The van der Waals surface area contributed by atoms with Gasteiger partial charge in [0.1, 0.15) is 0 Å². The summed E-state index contributed by atoms with van der Waals surface area (Å²) in [6.45, 7) is 0. The van der Waals surface area contributed by atoms with Crippen molar-refractivity contribution in [3.63, 3.8) is 0 Å². The molecule has 0 unspecified atom stereocenters. The summed E-state index contributed by atoms with van der Waals surface area (Å²) in [6.07, 6.45) is 0. The molecule has 2 aromatic heterocycles. The fraction of sp³-hybridized carbons (Fsp3) is 0. The van der Waals surface area contributed by atoms with Crippen molar-refractivity contribution in [2.75, 3.05) is 5.01 Å². The third kappa shape index (κ3) is 4.06. The van der Waals surface area contributed by atoms with Gasteiger partial charge in [-0.05, 0) is 93.0 Å². The molecule has 0 N–H and O–H groups in total. The minimum atomic E-state index is 1.09. The van der Waals surface area contributed by atoms with E-state index in [-0.39, 0.29) is 0 Å². The van der Waals surface area contributed by atoms with Gasteiger partial charge in [-0.25, -0.2) is 9.69 Å². The summed E-state index contributed by atoms with van der Waals surface area (Å²) >= 11 is 0. The number of fused-ring (bicyclic) bond motifs is 12. The maximum absolute atomic E-state index is 2.42. The summed E-state index contributed by atoms with van der Waals surface area (Å²) in [5.41, 5.74) is 8.06. The molecule has 0 saturated heterocycles. The first-order chi connectivity index (χ1) is 25.3. The summed E-state index contributed by atoms with van der Waals surface area (Å²) < 4.78 is 4.79. The van der Waals surface area contributed by atoms with Crippen LogP contribution < -0.4 is 5.01 Å². The first kappa shape index (κ1) is 28.0. The second-order valence-corrected chi connectivity index (χ2v) is 13.4. The van der Waals surface area contributed by atoms with Gasteiger partial charge >= 0.3 is 0 Å². The lowest BCUT2D eigenvalue weighted by Crippen LogP contribution is -2.23. The van der Waals surface area contributed by atoms with Gasteiger partial charge in [0.25, 0.3) is 0 Å². The van der Waals surface area contributed by atoms with E-state index in [1.807, 2.05) is 0 Å². The fourth-order valence-corrected chi connectivity index (χ4v) is 8.46. The summed E-state index contributed by atoms with van der Waals surface area (Å²) in [7, 11) is 0. The van der Waals surface area contributed by atoms with E-state index in [0.717, 1.165) is 22.6 Å². The zero-order chi connectivity index (χ0) is 33.5. The van der Waals surface area contributed by atoms with E-state index in [9.17, 15) is 0 Å². The van der Waals surface area contributed by atoms with Gasteiger partial charge in [0, 0.05) is 27.2 Å². The Bertz CT molecular complexity index is 3130. The summed E-state index contributed by atoms with van der Waals surface area (Å²) in [4.78, 5) is 0. The van der Waals surface area contributed by atoms with Gasteiger partial charge in [-0.3, -0.25) is 0 Å². The lowest BCUT2D eigenvalue weighted by molar-refractivity contribution is 0.887. The van der Waals surface area contributed by atoms with E-state index in [4.69, 9.17) is 0 Å². The molecule has 9 aromatic carbocycles. The monoisotopic (exact) mass is 649 g/mol. The van der Waals surface area contributed by atoms with Crippen molar-refractivity contribution in [3.05, 3.63) is 188 Å². The quantitative estimate of drug-likeness (QED) is 0.173. The SMILES string of the molecule is c1ccc(N(c2ccc3c(c2)c2ccccc2n3-c2ccccc2)n2c3ccccc3c3c4ccc5c6ccccc6ccc5c4ccc32)cc1. The Morgan fingerprint density at radius 2 is 0.882 bits per heavy atom. The Labute approximate surface area is 294 Å². The van der Waals surface area contributed by atoms with Crippen molar-refractivity contribution in [2.45, 2.75) is 0 Å². The van der Waals surface area contributed by atoms with Gasteiger partial charge in [0.2, 0.25) is 0 Å². The largest absolute Gasteiger partial charge is 0.309 e. The van der Waals surface area contributed by atoms with Gasteiger partial charge in [-0.1, -0.05) is 127 Å². The molecule has 238 valence electrons. The molecule has 0 fully saturated rings. The van der Waals surface area contributed by atoms with Crippen molar-refractivity contribution in [1.29, 1.82) is 0 Å². The van der Waals surface area contributed by atoms with Gasteiger partial charge in [0.05, 0.1) is 33.4 Å².